The Kier molecular flexibility index (Phi) is 3.17. The highest BCUT2D eigenvalue weighted by Crippen LogP contribution is 2.20. The Morgan fingerprint density at radius 3 is 2.81 bits per heavy atom. The van der Waals surface area contributed by atoms with E-state index in [2.05, 4.69) is 15.1 Å². The first-order chi connectivity index (χ1) is 10.1. The van der Waals surface area contributed by atoms with E-state index in [0.29, 0.717) is 23.8 Å². The lowest BCUT2D eigenvalue weighted by Crippen LogP contribution is -2.05. The Bertz CT molecular complexity index is 819. The van der Waals surface area contributed by atoms with Gasteiger partial charge in [-0.1, -0.05) is 12.1 Å². The second-order valence-electron chi connectivity index (χ2n) is 4.71. The summed E-state index contributed by atoms with van der Waals surface area (Å²) < 4.78 is 7.11. The molecule has 0 atom stereocenters. The maximum atomic E-state index is 11.0. The predicted molar refractivity (Wildman–Crippen MR) is 74.2 cm³/mol. The van der Waals surface area contributed by atoms with Crippen molar-refractivity contribution < 1.29 is 14.4 Å². The van der Waals surface area contributed by atoms with Crippen molar-refractivity contribution in [1.29, 1.82) is 0 Å². The van der Waals surface area contributed by atoms with Gasteiger partial charge in [-0.2, -0.15) is 4.98 Å². The van der Waals surface area contributed by atoms with E-state index in [9.17, 15) is 4.79 Å². The highest BCUT2D eigenvalue weighted by molar-refractivity contribution is 5.92. The first-order valence-electron chi connectivity index (χ1n) is 6.60. The number of aromatic carboxylic acids is 1. The lowest BCUT2D eigenvalue weighted by atomic mass is 10.2. The second kappa shape index (κ2) is 5.01. The maximum Gasteiger partial charge on any atom is 0.335 e. The number of fused-ring (bicyclic) bond motifs is 1. The molecule has 21 heavy (non-hydrogen) atoms. The molecule has 7 nitrogen and oxygen atoms in total. The van der Waals surface area contributed by atoms with Gasteiger partial charge in [0.25, 0.3) is 0 Å². The first-order valence-corrected chi connectivity index (χ1v) is 6.60. The van der Waals surface area contributed by atoms with Gasteiger partial charge in [-0.15, -0.1) is 0 Å². The van der Waals surface area contributed by atoms with Gasteiger partial charge >= 0.3 is 5.97 Å². The van der Waals surface area contributed by atoms with E-state index >= 15 is 0 Å². The van der Waals surface area contributed by atoms with Crippen molar-refractivity contribution in [3.8, 4) is 0 Å². The molecule has 0 saturated heterocycles. The third kappa shape index (κ3) is 2.37. The number of hydrogen-bond acceptors (Lipinski definition) is 5. The topological polar surface area (TPSA) is 94.0 Å². The van der Waals surface area contributed by atoms with Gasteiger partial charge < -0.3 is 14.2 Å². The summed E-state index contributed by atoms with van der Waals surface area (Å²) in [5, 5.41) is 12.8. The smallest absolute Gasteiger partial charge is 0.335 e. The van der Waals surface area contributed by atoms with Gasteiger partial charge in [0.1, 0.15) is 12.4 Å². The molecule has 0 aliphatic heterocycles. The van der Waals surface area contributed by atoms with Crippen molar-refractivity contribution >= 4 is 17.0 Å². The lowest BCUT2D eigenvalue weighted by Gasteiger charge is -2.04. The molecule has 0 radical (unpaired) electrons. The molecule has 2 heterocycles. The largest absolute Gasteiger partial charge is 0.478 e. The molecule has 0 unspecified atom stereocenters. The summed E-state index contributed by atoms with van der Waals surface area (Å²) in [7, 11) is 0. The van der Waals surface area contributed by atoms with Gasteiger partial charge in [0.15, 0.2) is 5.82 Å². The van der Waals surface area contributed by atoms with E-state index < -0.39 is 5.97 Å². The molecule has 0 amide bonds. The van der Waals surface area contributed by atoms with Gasteiger partial charge in [-0.25, -0.2) is 9.78 Å². The quantitative estimate of drug-likeness (QED) is 0.788. The zero-order valence-corrected chi connectivity index (χ0v) is 11.7. The van der Waals surface area contributed by atoms with Crippen LogP contribution < -0.4 is 0 Å². The molecular formula is C14H14N4O3. The van der Waals surface area contributed by atoms with Gasteiger partial charge in [0, 0.05) is 6.42 Å². The number of imidazole rings is 1. The molecule has 108 valence electrons. The average molecular weight is 286 g/mol. The normalized spacial score (nSPS) is 11.1. The van der Waals surface area contributed by atoms with E-state index in [0.717, 1.165) is 17.8 Å². The van der Waals surface area contributed by atoms with Crippen molar-refractivity contribution in [2.45, 2.75) is 26.8 Å². The number of aryl methyl sites for hydroxylation is 2. The minimum atomic E-state index is -0.961. The Balaban J connectivity index is 2.09. The van der Waals surface area contributed by atoms with E-state index in [1.54, 1.807) is 25.1 Å². The molecule has 7 heteroatoms. The Hall–Kier alpha value is -2.70. The third-order valence-electron chi connectivity index (χ3n) is 3.25. The van der Waals surface area contributed by atoms with Crippen LogP contribution in [0.2, 0.25) is 0 Å². The van der Waals surface area contributed by atoms with Crippen LogP contribution in [0.5, 0.6) is 0 Å². The molecular weight excluding hydrogens is 272 g/mol. The molecule has 0 bridgehead atoms. The summed E-state index contributed by atoms with van der Waals surface area (Å²) in [4.78, 5) is 19.7. The second-order valence-corrected chi connectivity index (χ2v) is 4.71. The first kappa shape index (κ1) is 13.3. The summed E-state index contributed by atoms with van der Waals surface area (Å²) in [5.41, 5.74) is 1.74. The molecule has 2 aromatic heterocycles. The number of aromatic nitrogens is 4. The fourth-order valence-corrected chi connectivity index (χ4v) is 2.30. The van der Waals surface area contributed by atoms with Crippen molar-refractivity contribution in [1.82, 2.24) is 19.7 Å². The fraction of sp³-hybridized carbons (Fsp3) is 0.286. The lowest BCUT2D eigenvalue weighted by molar-refractivity contribution is 0.0697. The van der Waals surface area contributed by atoms with Crippen LogP contribution in [0.15, 0.2) is 22.7 Å². The van der Waals surface area contributed by atoms with Crippen LogP contribution in [-0.2, 0) is 13.0 Å². The van der Waals surface area contributed by atoms with E-state index in [1.165, 1.54) is 0 Å². The van der Waals surface area contributed by atoms with E-state index in [4.69, 9.17) is 9.63 Å². The molecule has 3 rings (SSSR count). The molecule has 0 spiro atoms. The van der Waals surface area contributed by atoms with Crippen LogP contribution in [0.1, 0.15) is 34.8 Å². The Labute approximate surface area is 120 Å². The van der Waals surface area contributed by atoms with E-state index in [-0.39, 0.29) is 5.56 Å². The van der Waals surface area contributed by atoms with Gasteiger partial charge in [-0.3, -0.25) is 0 Å². The van der Waals surface area contributed by atoms with Crippen molar-refractivity contribution in [3.63, 3.8) is 0 Å². The molecule has 0 saturated carbocycles. The number of carbonyl (C=O) groups is 1. The minimum Gasteiger partial charge on any atom is -0.478 e. The summed E-state index contributed by atoms with van der Waals surface area (Å²) in [6.07, 6.45) is 0.726. The zero-order chi connectivity index (χ0) is 15.0. The van der Waals surface area contributed by atoms with Crippen molar-refractivity contribution in [3.05, 3.63) is 41.3 Å². The van der Waals surface area contributed by atoms with Crippen LogP contribution in [0.3, 0.4) is 0 Å². The summed E-state index contributed by atoms with van der Waals surface area (Å²) in [6, 6.07) is 4.90. The number of rotatable bonds is 4. The predicted octanol–water partition coefficient (Wildman–Crippen LogP) is 2.04. The van der Waals surface area contributed by atoms with Crippen LogP contribution >= 0.6 is 0 Å². The van der Waals surface area contributed by atoms with Crippen molar-refractivity contribution in [2.24, 2.45) is 0 Å². The summed E-state index contributed by atoms with van der Waals surface area (Å²) >= 11 is 0. The number of carboxylic acid groups (broad SMARTS) is 1. The Morgan fingerprint density at radius 2 is 2.19 bits per heavy atom. The van der Waals surface area contributed by atoms with Gasteiger partial charge in [-0.05, 0) is 25.1 Å². The van der Waals surface area contributed by atoms with Crippen molar-refractivity contribution in [2.75, 3.05) is 0 Å². The Morgan fingerprint density at radius 1 is 1.38 bits per heavy atom. The van der Waals surface area contributed by atoms with E-state index in [1.807, 2.05) is 11.5 Å². The fourth-order valence-electron chi connectivity index (χ4n) is 2.30. The molecule has 0 aliphatic carbocycles. The minimum absolute atomic E-state index is 0.225. The van der Waals surface area contributed by atoms with Gasteiger partial charge in [0.05, 0.1) is 16.6 Å². The SMILES string of the molecule is CCc1nc2cc(C(=O)O)ccc2n1Cc1nc(C)no1. The van der Waals surface area contributed by atoms with Crippen LogP contribution in [0.25, 0.3) is 11.0 Å². The highest BCUT2D eigenvalue weighted by atomic mass is 16.5. The number of carboxylic acids is 1. The zero-order valence-electron chi connectivity index (χ0n) is 11.7. The molecule has 1 N–H and O–H groups in total. The molecule has 0 fully saturated rings. The van der Waals surface area contributed by atoms with Crippen LogP contribution in [-0.4, -0.2) is 30.8 Å². The number of nitrogens with zero attached hydrogens (tertiary/aromatic N) is 4. The van der Waals surface area contributed by atoms with Gasteiger partial charge in [0.2, 0.25) is 5.89 Å². The molecule has 1 aromatic carbocycles. The third-order valence-corrected chi connectivity index (χ3v) is 3.25. The average Bonchev–Trinajstić information content (AvgIpc) is 3.02. The van der Waals surface area contributed by atoms with Crippen LogP contribution in [0, 0.1) is 6.92 Å². The molecule has 0 aliphatic rings. The van der Waals surface area contributed by atoms with Crippen LogP contribution in [0.4, 0.5) is 0 Å². The summed E-state index contributed by atoms with van der Waals surface area (Å²) in [5.74, 6) is 0.977. The highest BCUT2D eigenvalue weighted by Gasteiger charge is 2.14. The number of benzene rings is 1. The standard InChI is InChI=1S/C14H14N4O3/c1-3-12-16-10-6-9(14(19)20)4-5-11(10)18(12)7-13-15-8(2)17-21-13/h4-6H,3,7H2,1-2H3,(H,19,20). The maximum absolute atomic E-state index is 11.0. The molecule has 3 aromatic rings. The summed E-state index contributed by atoms with van der Waals surface area (Å²) in [6.45, 7) is 4.18. The number of hydrogen-bond donors (Lipinski definition) is 1. The monoisotopic (exact) mass is 286 g/mol.